The van der Waals surface area contributed by atoms with Crippen molar-refractivity contribution in [2.24, 2.45) is 0 Å². The average molecular weight is 405 g/mol. The molecule has 2 aliphatic heterocycles. The van der Waals surface area contributed by atoms with Gasteiger partial charge < -0.3 is 0 Å². The van der Waals surface area contributed by atoms with E-state index >= 15 is 4.48 Å². The molecule has 0 bridgehead atoms. The van der Waals surface area contributed by atoms with Gasteiger partial charge in [-0.1, -0.05) is 0 Å². The zero-order chi connectivity index (χ0) is 15.5. The second kappa shape index (κ2) is 4.78. The number of fused-ring (bicyclic) bond motifs is 4. The van der Waals surface area contributed by atoms with Crippen molar-refractivity contribution >= 4 is 35.0 Å². The first-order valence-electron chi connectivity index (χ1n) is 7.56. The number of para-hydroxylation sites is 1. The fourth-order valence-corrected chi connectivity index (χ4v) is 7.47. The number of halogens is 1. The van der Waals surface area contributed by atoms with Crippen LogP contribution >= 0.6 is 0 Å². The first-order chi connectivity index (χ1) is 10.5. The summed E-state index contributed by atoms with van der Waals surface area (Å²) < 4.78 is 22.9. The van der Waals surface area contributed by atoms with E-state index in [-0.39, 0.29) is 4.06 Å². The van der Waals surface area contributed by atoms with Crippen LogP contribution < -0.4 is 0 Å². The van der Waals surface area contributed by atoms with Gasteiger partial charge in [0.25, 0.3) is 0 Å². The molecule has 4 rings (SSSR count). The Morgan fingerprint density at radius 3 is 2.77 bits per heavy atom. The molecule has 5 heteroatoms. The Morgan fingerprint density at radius 1 is 1.23 bits per heavy atom. The Morgan fingerprint density at radius 2 is 2.00 bits per heavy atom. The van der Waals surface area contributed by atoms with Crippen molar-refractivity contribution in [1.82, 2.24) is 9.69 Å². The van der Waals surface area contributed by atoms with E-state index in [1.54, 1.807) is 0 Å². The summed E-state index contributed by atoms with van der Waals surface area (Å²) in [6.45, 7) is 0.434. The van der Waals surface area contributed by atoms with E-state index < -0.39 is 18.4 Å². The normalized spacial score (nSPS) is 20.9. The van der Waals surface area contributed by atoms with Crippen molar-refractivity contribution in [3.63, 3.8) is 0 Å². The topological polar surface area (TPSA) is 17.4 Å². The number of hydrogen-bond acceptors (Lipinski definition) is 2. The van der Waals surface area contributed by atoms with Crippen molar-refractivity contribution in [2.45, 2.75) is 25.6 Å². The Kier molecular flexibility index (Phi) is 3.08. The third-order valence-electron chi connectivity index (χ3n) is 4.41. The van der Waals surface area contributed by atoms with Crippen LogP contribution in [0.1, 0.15) is 5.69 Å². The molecule has 0 saturated heterocycles. The predicted molar refractivity (Wildman–Crippen MR) is 89.2 cm³/mol. The second-order valence-electron chi connectivity index (χ2n) is 6.98. The first-order valence-corrected chi connectivity index (χ1v) is 17.8. The number of allylic oxidation sites excluding steroid dienone is 1. The van der Waals surface area contributed by atoms with Gasteiger partial charge >= 0.3 is 133 Å². The summed E-state index contributed by atoms with van der Waals surface area (Å²) >= 11 is -2.46. The molecule has 3 nitrogen and oxygen atoms in total. The molecule has 0 N–H and O–H groups in total. The maximum atomic E-state index is 15.2. The number of ether oxygens (including phenoxy) is 1. The zero-order valence-electron chi connectivity index (χ0n) is 13.0. The summed E-state index contributed by atoms with van der Waals surface area (Å²) in [6.07, 6.45) is 3.94. The van der Waals surface area contributed by atoms with Crippen molar-refractivity contribution < 1.29 is 9.22 Å². The van der Waals surface area contributed by atoms with Crippen molar-refractivity contribution in [3.05, 3.63) is 53.9 Å². The van der Waals surface area contributed by atoms with E-state index in [1.165, 1.54) is 0 Å². The molecule has 0 spiro atoms. The number of hydrogen-bond donors (Lipinski definition) is 0. The molecule has 3 heterocycles. The van der Waals surface area contributed by atoms with E-state index in [4.69, 9.17) is 4.74 Å². The summed E-state index contributed by atoms with van der Waals surface area (Å²) in [4.78, 5) is 6.75. The second-order valence-corrected chi connectivity index (χ2v) is 22.2. The average Bonchev–Trinajstić information content (AvgIpc) is 2.84. The third kappa shape index (κ3) is 2.00. The first kappa shape index (κ1) is 14.2. The van der Waals surface area contributed by atoms with Gasteiger partial charge in [-0.15, -0.1) is 0 Å². The van der Waals surface area contributed by atoms with Gasteiger partial charge in [-0.25, -0.2) is 0 Å². The number of aromatic nitrogens is 1. The zero-order valence-corrected chi connectivity index (χ0v) is 15.9. The van der Waals surface area contributed by atoms with Crippen LogP contribution in [0.3, 0.4) is 0 Å². The minimum absolute atomic E-state index is 0.0961. The SMILES string of the molecule is [CH3][Sn]([CH3])([CH3])[CH]1C=CC2=C(c3cc4ccccc4n3CO2)N1F. The predicted octanol–water partition coefficient (Wildman–Crippen LogP) is 4.30. The van der Waals surface area contributed by atoms with Crippen LogP contribution in [-0.4, -0.2) is 32.1 Å². The molecule has 22 heavy (non-hydrogen) atoms. The molecule has 2 aliphatic rings. The van der Waals surface area contributed by atoms with E-state index in [0.29, 0.717) is 18.2 Å². The molecule has 0 aliphatic carbocycles. The fraction of sp³-hybridized carbons (Fsp3) is 0.294. The summed E-state index contributed by atoms with van der Waals surface area (Å²) in [5.74, 6) is 0.643. The monoisotopic (exact) mass is 406 g/mol. The molecule has 1 aromatic carbocycles. The van der Waals surface area contributed by atoms with E-state index in [2.05, 4.69) is 37.6 Å². The fourth-order valence-electron chi connectivity index (χ4n) is 3.24. The van der Waals surface area contributed by atoms with Crippen LogP contribution in [-0.2, 0) is 11.5 Å². The van der Waals surface area contributed by atoms with Crippen LogP contribution in [0.25, 0.3) is 16.6 Å². The summed E-state index contributed by atoms with van der Waals surface area (Å²) in [5, 5.41) is 2.07. The van der Waals surface area contributed by atoms with Crippen LogP contribution in [0.5, 0.6) is 0 Å². The standard InChI is InChI=1S/C14H10FN2O.3CH3.Sn/c15-17-7-3-6-13-14(17)12-8-10-4-1-2-5-11(10)16(12)9-18-13;;;;/h1-8H,9H2;3*1H3;. The van der Waals surface area contributed by atoms with Crippen LogP contribution in [0.4, 0.5) is 4.48 Å². The van der Waals surface area contributed by atoms with Crippen molar-refractivity contribution in [3.8, 4) is 0 Å². The van der Waals surface area contributed by atoms with Gasteiger partial charge in [-0.05, 0) is 0 Å². The molecule has 0 saturated carbocycles. The van der Waals surface area contributed by atoms with Crippen LogP contribution in [0.2, 0.25) is 14.8 Å². The van der Waals surface area contributed by atoms with Crippen LogP contribution in [0, 0.1) is 0 Å². The summed E-state index contributed by atoms with van der Waals surface area (Å²) in [5.41, 5.74) is 2.58. The van der Waals surface area contributed by atoms with Crippen molar-refractivity contribution in [2.75, 3.05) is 0 Å². The molecule has 1 atom stereocenters. The molecule has 0 amide bonds. The molecule has 1 aromatic heterocycles. The Hall–Kier alpha value is -1.43. The molecule has 1 unspecified atom stereocenters. The van der Waals surface area contributed by atoms with Gasteiger partial charge in [0.15, 0.2) is 0 Å². The van der Waals surface area contributed by atoms with E-state index in [9.17, 15) is 0 Å². The van der Waals surface area contributed by atoms with Gasteiger partial charge in [0.1, 0.15) is 0 Å². The number of rotatable bonds is 1. The molecular weight excluding hydrogens is 386 g/mol. The third-order valence-corrected chi connectivity index (χ3v) is 10.7. The summed E-state index contributed by atoms with van der Waals surface area (Å²) in [7, 11) is 0. The molecule has 114 valence electrons. The molecule has 0 radical (unpaired) electrons. The minimum atomic E-state index is -2.46. The van der Waals surface area contributed by atoms with Gasteiger partial charge in [-0.3, -0.25) is 0 Å². The molecule has 0 fully saturated rings. The number of benzene rings is 1. The Bertz CT molecular complexity index is 816. The van der Waals surface area contributed by atoms with Gasteiger partial charge in [-0.2, -0.15) is 0 Å². The van der Waals surface area contributed by atoms with Gasteiger partial charge in [0, 0.05) is 0 Å². The molecule has 2 aromatic rings. The summed E-state index contributed by atoms with van der Waals surface area (Å²) in [6, 6.07) is 10.2. The quantitative estimate of drug-likeness (QED) is 0.520. The van der Waals surface area contributed by atoms with Gasteiger partial charge in [0.2, 0.25) is 0 Å². The van der Waals surface area contributed by atoms with Crippen LogP contribution in [0.15, 0.2) is 48.2 Å². The van der Waals surface area contributed by atoms with E-state index in [0.717, 1.165) is 21.7 Å². The molecular formula is C17H19FN2OSn. The van der Waals surface area contributed by atoms with Crippen molar-refractivity contribution in [1.29, 1.82) is 0 Å². The van der Waals surface area contributed by atoms with Gasteiger partial charge in [0.05, 0.1) is 0 Å². The van der Waals surface area contributed by atoms with E-state index in [1.807, 2.05) is 24.3 Å². The maximum absolute atomic E-state index is 15.2. The Labute approximate surface area is 133 Å². The Balaban J connectivity index is 1.90. The number of nitrogens with zero attached hydrogens (tertiary/aromatic N) is 2.